The number of aromatic nitrogens is 1. The van der Waals surface area contributed by atoms with Crippen molar-refractivity contribution in [2.45, 2.75) is 71.4 Å². The van der Waals surface area contributed by atoms with E-state index in [-0.39, 0.29) is 22.9 Å². The van der Waals surface area contributed by atoms with Gasteiger partial charge in [0.15, 0.2) is 0 Å². The van der Waals surface area contributed by atoms with E-state index in [0.29, 0.717) is 6.42 Å². The Morgan fingerprint density at radius 1 is 1.06 bits per heavy atom. The van der Waals surface area contributed by atoms with Gasteiger partial charge in [0.2, 0.25) is 5.91 Å². The molecule has 4 rings (SSSR count). The third-order valence-corrected chi connectivity index (χ3v) is 7.74. The molecule has 0 saturated carbocycles. The van der Waals surface area contributed by atoms with Crippen LogP contribution in [-0.2, 0) is 16.8 Å². The van der Waals surface area contributed by atoms with E-state index in [1.807, 2.05) is 0 Å². The molecule has 0 spiro atoms. The summed E-state index contributed by atoms with van der Waals surface area (Å²) in [5.41, 5.74) is 5.08. The fourth-order valence-corrected chi connectivity index (χ4v) is 5.92. The van der Waals surface area contributed by atoms with Gasteiger partial charge < -0.3 is 9.88 Å². The lowest BCUT2D eigenvalue weighted by Gasteiger charge is -2.43. The number of nitrogens with zero attached hydrogens (tertiary/aromatic N) is 2. The number of benzene rings is 2. The second kappa shape index (κ2) is 9.58. The Labute approximate surface area is 205 Å². The van der Waals surface area contributed by atoms with Crippen molar-refractivity contribution in [3.05, 3.63) is 71.4 Å². The molecule has 1 aliphatic rings. The van der Waals surface area contributed by atoms with Gasteiger partial charge in [-0.3, -0.25) is 9.69 Å². The molecule has 0 aliphatic carbocycles. The standard InChI is InChI=1S/C30H41N3O/c1-7-30(32(5)6,22-13-9-8-10-14-22)19-17-26-28-24(23-15-11-12-16-25(23)31-28)18-20-33(26)27(34)21-29(2,3)4/h8-16,26,31H,7,17-21H2,1-6H3. The van der Waals surface area contributed by atoms with Crippen molar-refractivity contribution in [3.63, 3.8) is 0 Å². The van der Waals surface area contributed by atoms with Crippen molar-refractivity contribution in [2.24, 2.45) is 5.41 Å². The zero-order valence-corrected chi connectivity index (χ0v) is 21.8. The Morgan fingerprint density at radius 2 is 1.74 bits per heavy atom. The van der Waals surface area contributed by atoms with Gasteiger partial charge in [-0.2, -0.15) is 0 Å². The third-order valence-electron chi connectivity index (χ3n) is 7.74. The van der Waals surface area contributed by atoms with Gasteiger partial charge >= 0.3 is 0 Å². The molecule has 3 aromatic rings. The molecule has 1 N–H and O–H groups in total. The van der Waals surface area contributed by atoms with Crippen LogP contribution in [0.4, 0.5) is 0 Å². The van der Waals surface area contributed by atoms with Crippen LogP contribution in [0, 0.1) is 5.41 Å². The van der Waals surface area contributed by atoms with Gasteiger partial charge in [0.25, 0.3) is 0 Å². The maximum atomic E-state index is 13.5. The zero-order chi connectivity index (χ0) is 24.5. The van der Waals surface area contributed by atoms with E-state index in [2.05, 4.69) is 111 Å². The van der Waals surface area contributed by atoms with Gasteiger partial charge in [0.05, 0.1) is 6.04 Å². The number of para-hydroxylation sites is 1. The Bertz CT molecular complexity index is 1120. The first-order valence-electron chi connectivity index (χ1n) is 12.8. The van der Waals surface area contributed by atoms with Gasteiger partial charge in [0.1, 0.15) is 0 Å². The Morgan fingerprint density at radius 3 is 2.38 bits per heavy atom. The summed E-state index contributed by atoms with van der Waals surface area (Å²) < 4.78 is 0. The second-order valence-electron chi connectivity index (χ2n) is 11.3. The molecule has 2 aromatic carbocycles. The molecule has 34 heavy (non-hydrogen) atoms. The number of aromatic amines is 1. The molecule has 0 bridgehead atoms. The van der Waals surface area contributed by atoms with E-state index in [1.54, 1.807) is 0 Å². The predicted molar refractivity (Wildman–Crippen MR) is 142 cm³/mol. The van der Waals surface area contributed by atoms with Gasteiger partial charge in [-0.1, -0.05) is 76.2 Å². The number of rotatable bonds is 7. The fraction of sp³-hybridized carbons (Fsp3) is 0.500. The maximum Gasteiger partial charge on any atom is 0.223 e. The number of carbonyl (C=O) groups excluding carboxylic acids is 1. The molecule has 0 fully saturated rings. The van der Waals surface area contributed by atoms with Gasteiger partial charge in [-0.15, -0.1) is 0 Å². The molecule has 0 radical (unpaired) electrons. The van der Waals surface area contributed by atoms with E-state index in [9.17, 15) is 4.79 Å². The number of H-pyrrole nitrogens is 1. The smallest absolute Gasteiger partial charge is 0.223 e. The molecule has 2 heterocycles. The summed E-state index contributed by atoms with van der Waals surface area (Å²) in [6.07, 6.45) is 4.42. The first-order chi connectivity index (χ1) is 16.2. The van der Waals surface area contributed by atoms with Crippen molar-refractivity contribution < 1.29 is 4.79 Å². The molecule has 4 heteroatoms. The first kappa shape index (κ1) is 24.5. The van der Waals surface area contributed by atoms with Crippen LogP contribution in [0.15, 0.2) is 54.6 Å². The van der Waals surface area contributed by atoms with E-state index in [1.165, 1.54) is 27.7 Å². The van der Waals surface area contributed by atoms with Crippen LogP contribution >= 0.6 is 0 Å². The highest BCUT2D eigenvalue weighted by Crippen LogP contribution is 2.42. The number of carbonyl (C=O) groups is 1. The first-order valence-corrected chi connectivity index (χ1v) is 12.8. The van der Waals surface area contributed by atoms with Crippen LogP contribution < -0.4 is 0 Å². The molecule has 1 aromatic heterocycles. The Balaban J connectivity index is 1.72. The second-order valence-corrected chi connectivity index (χ2v) is 11.3. The summed E-state index contributed by atoms with van der Waals surface area (Å²) in [6.45, 7) is 9.54. The van der Waals surface area contributed by atoms with Crippen LogP contribution in [0.25, 0.3) is 10.9 Å². The third kappa shape index (κ3) is 4.65. The summed E-state index contributed by atoms with van der Waals surface area (Å²) in [6, 6.07) is 19.5. The van der Waals surface area contributed by atoms with Crippen LogP contribution in [-0.4, -0.2) is 41.3 Å². The SMILES string of the molecule is CCC(CCC1c2[nH]c3ccccc3c2CCN1C(=O)CC(C)(C)C)(c1ccccc1)N(C)C. The minimum Gasteiger partial charge on any atom is -0.356 e. The fourth-order valence-electron chi connectivity index (χ4n) is 5.92. The van der Waals surface area contributed by atoms with Crippen molar-refractivity contribution >= 4 is 16.8 Å². The van der Waals surface area contributed by atoms with E-state index in [4.69, 9.17) is 0 Å². The minimum absolute atomic E-state index is 0.0246. The highest BCUT2D eigenvalue weighted by molar-refractivity contribution is 5.86. The van der Waals surface area contributed by atoms with Crippen LogP contribution in [0.3, 0.4) is 0 Å². The number of fused-ring (bicyclic) bond motifs is 3. The molecule has 2 unspecified atom stereocenters. The summed E-state index contributed by atoms with van der Waals surface area (Å²) in [5, 5.41) is 1.31. The Kier molecular flexibility index (Phi) is 6.91. The predicted octanol–water partition coefficient (Wildman–Crippen LogP) is 6.68. The van der Waals surface area contributed by atoms with Gasteiger partial charge in [0, 0.05) is 35.1 Å². The molecule has 2 atom stereocenters. The van der Waals surface area contributed by atoms with E-state index >= 15 is 0 Å². The van der Waals surface area contributed by atoms with Crippen LogP contribution in [0.2, 0.25) is 0 Å². The lowest BCUT2D eigenvalue weighted by atomic mass is 9.79. The molecule has 1 amide bonds. The Hall–Kier alpha value is -2.59. The van der Waals surface area contributed by atoms with E-state index in [0.717, 1.165) is 32.2 Å². The van der Waals surface area contributed by atoms with Crippen LogP contribution in [0.5, 0.6) is 0 Å². The van der Waals surface area contributed by atoms with Crippen molar-refractivity contribution in [1.29, 1.82) is 0 Å². The highest BCUT2D eigenvalue weighted by atomic mass is 16.2. The quantitative estimate of drug-likeness (QED) is 0.428. The zero-order valence-electron chi connectivity index (χ0n) is 21.8. The summed E-state index contributed by atoms with van der Waals surface area (Å²) in [7, 11) is 4.38. The lowest BCUT2D eigenvalue weighted by molar-refractivity contribution is -0.136. The highest BCUT2D eigenvalue weighted by Gasteiger charge is 2.38. The van der Waals surface area contributed by atoms with Crippen LogP contribution in [0.1, 0.15) is 76.2 Å². The summed E-state index contributed by atoms with van der Waals surface area (Å²) in [5.74, 6) is 0.272. The maximum absolute atomic E-state index is 13.5. The average molecular weight is 460 g/mol. The molecular weight excluding hydrogens is 418 g/mol. The van der Waals surface area contributed by atoms with Crippen molar-refractivity contribution in [3.8, 4) is 0 Å². The monoisotopic (exact) mass is 459 g/mol. The molecule has 4 nitrogen and oxygen atoms in total. The number of amides is 1. The van der Waals surface area contributed by atoms with Crippen molar-refractivity contribution in [1.82, 2.24) is 14.8 Å². The van der Waals surface area contributed by atoms with Crippen molar-refractivity contribution in [2.75, 3.05) is 20.6 Å². The average Bonchev–Trinajstić information content (AvgIpc) is 3.18. The topological polar surface area (TPSA) is 39.3 Å². The minimum atomic E-state index is -0.0658. The number of hydrogen-bond donors (Lipinski definition) is 1. The normalized spacial score (nSPS) is 18.2. The number of hydrogen-bond acceptors (Lipinski definition) is 2. The molecule has 1 aliphatic heterocycles. The molecule has 182 valence electrons. The summed E-state index contributed by atoms with van der Waals surface area (Å²) in [4.78, 5) is 21.8. The molecule has 0 saturated heterocycles. The molecular formula is C30H41N3O. The largest absolute Gasteiger partial charge is 0.356 e. The number of nitrogens with one attached hydrogen (secondary N) is 1. The van der Waals surface area contributed by atoms with E-state index < -0.39 is 0 Å². The van der Waals surface area contributed by atoms with Gasteiger partial charge in [-0.25, -0.2) is 0 Å². The van der Waals surface area contributed by atoms with Gasteiger partial charge in [-0.05, 0) is 62.4 Å². The lowest BCUT2D eigenvalue weighted by Crippen LogP contribution is -2.44. The summed E-state index contributed by atoms with van der Waals surface area (Å²) >= 11 is 0.